The normalized spacial score (nSPS) is 10.3. The van der Waals surface area contributed by atoms with E-state index in [1.165, 1.54) is 0 Å². The highest BCUT2D eigenvalue weighted by Gasteiger charge is 2.07. The molecule has 0 fully saturated rings. The molecular weight excluding hydrogens is 170 g/mol. The zero-order valence-corrected chi connectivity index (χ0v) is 7.40. The van der Waals surface area contributed by atoms with E-state index >= 15 is 0 Å². The predicted molar refractivity (Wildman–Crippen MR) is 47.1 cm³/mol. The van der Waals surface area contributed by atoms with Gasteiger partial charge in [0.1, 0.15) is 11.5 Å². The van der Waals surface area contributed by atoms with E-state index in [4.69, 9.17) is 14.0 Å². The molecule has 1 heterocycles. The fourth-order valence-corrected chi connectivity index (χ4v) is 1.20. The fourth-order valence-electron chi connectivity index (χ4n) is 1.20. The highest BCUT2D eigenvalue weighted by molar-refractivity contribution is 5.84. The third-order valence-electron chi connectivity index (χ3n) is 1.87. The summed E-state index contributed by atoms with van der Waals surface area (Å²) >= 11 is 0. The van der Waals surface area contributed by atoms with Gasteiger partial charge in [-0.25, -0.2) is 0 Å². The average molecular weight is 179 g/mol. The maximum atomic E-state index is 5.15. The second kappa shape index (κ2) is 2.97. The molecule has 0 N–H and O–H groups in total. The number of methoxy groups -OCH3 is 2. The number of benzene rings is 1. The molecule has 0 aliphatic rings. The molecule has 0 unspecified atom stereocenters. The van der Waals surface area contributed by atoms with Gasteiger partial charge in [-0.1, -0.05) is 5.16 Å². The molecule has 0 saturated carbocycles. The summed E-state index contributed by atoms with van der Waals surface area (Å²) in [7, 11) is 3.19. The van der Waals surface area contributed by atoms with Crippen molar-refractivity contribution in [2.45, 2.75) is 0 Å². The first-order valence-corrected chi connectivity index (χ1v) is 3.81. The van der Waals surface area contributed by atoms with Crippen LogP contribution in [0, 0.1) is 0 Å². The third kappa shape index (κ3) is 1.20. The van der Waals surface area contributed by atoms with E-state index in [2.05, 4.69) is 5.16 Å². The van der Waals surface area contributed by atoms with Crippen molar-refractivity contribution in [2.24, 2.45) is 0 Å². The molecule has 0 saturated heterocycles. The molecule has 0 amide bonds. The van der Waals surface area contributed by atoms with Crippen LogP contribution in [0.5, 0.6) is 11.5 Å². The van der Waals surface area contributed by atoms with Crippen molar-refractivity contribution in [1.29, 1.82) is 0 Å². The maximum Gasteiger partial charge on any atom is 0.174 e. The minimum atomic E-state index is 0.663. The van der Waals surface area contributed by atoms with Crippen molar-refractivity contribution < 1.29 is 14.0 Å². The van der Waals surface area contributed by atoms with E-state index in [1.54, 1.807) is 32.5 Å². The van der Waals surface area contributed by atoms with Crippen LogP contribution >= 0.6 is 0 Å². The van der Waals surface area contributed by atoms with Gasteiger partial charge >= 0.3 is 0 Å². The van der Waals surface area contributed by atoms with Crippen LogP contribution in [0.1, 0.15) is 0 Å². The van der Waals surface area contributed by atoms with E-state index in [-0.39, 0.29) is 0 Å². The summed E-state index contributed by atoms with van der Waals surface area (Å²) < 4.78 is 15.2. The molecular formula is C9H9NO3. The Kier molecular flexibility index (Phi) is 1.81. The third-order valence-corrected chi connectivity index (χ3v) is 1.87. The van der Waals surface area contributed by atoms with E-state index in [9.17, 15) is 0 Å². The zero-order chi connectivity index (χ0) is 9.26. The van der Waals surface area contributed by atoms with Crippen molar-refractivity contribution >= 4 is 11.0 Å². The minimum absolute atomic E-state index is 0.663. The predicted octanol–water partition coefficient (Wildman–Crippen LogP) is 1.84. The Morgan fingerprint density at radius 1 is 1.23 bits per heavy atom. The second-order valence-electron chi connectivity index (χ2n) is 2.57. The molecule has 0 aliphatic carbocycles. The molecule has 0 aliphatic heterocycles. The SMILES string of the molecule is COc1cc(OC)c2cnoc2c1. The molecule has 4 heteroatoms. The highest BCUT2D eigenvalue weighted by Crippen LogP contribution is 2.30. The monoisotopic (exact) mass is 179 g/mol. The molecule has 1 aromatic heterocycles. The summed E-state index contributed by atoms with van der Waals surface area (Å²) in [6.07, 6.45) is 1.62. The van der Waals surface area contributed by atoms with Crippen LogP contribution in [0.4, 0.5) is 0 Å². The van der Waals surface area contributed by atoms with Gasteiger partial charge in [-0.3, -0.25) is 0 Å². The van der Waals surface area contributed by atoms with Crippen LogP contribution in [-0.4, -0.2) is 19.4 Å². The molecule has 0 radical (unpaired) electrons. The van der Waals surface area contributed by atoms with Gasteiger partial charge in [0, 0.05) is 12.1 Å². The first kappa shape index (κ1) is 7.91. The number of nitrogens with zero attached hydrogens (tertiary/aromatic N) is 1. The van der Waals surface area contributed by atoms with Crippen molar-refractivity contribution in [3.05, 3.63) is 18.3 Å². The van der Waals surface area contributed by atoms with Gasteiger partial charge in [-0.05, 0) is 0 Å². The Balaban J connectivity index is 2.70. The summed E-state index contributed by atoms with van der Waals surface area (Å²) in [6.45, 7) is 0. The van der Waals surface area contributed by atoms with E-state index in [0.29, 0.717) is 17.1 Å². The number of hydrogen-bond donors (Lipinski definition) is 0. The van der Waals surface area contributed by atoms with Gasteiger partial charge < -0.3 is 14.0 Å². The zero-order valence-electron chi connectivity index (χ0n) is 7.40. The number of aromatic nitrogens is 1. The fraction of sp³-hybridized carbons (Fsp3) is 0.222. The smallest absolute Gasteiger partial charge is 0.174 e. The van der Waals surface area contributed by atoms with Crippen LogP contribution in [0.2, 0.25) is 0 Å². The lowest BCUT2D eigenvalue weighted by Crippen LogP contribution is -1.86. The first-order valence-electron chi connectivity index (χ1n) is 3.81. The molecule has 68 valence electrons. The van der Waals surface area contributed by atoms with Gasteiger partial charge in [-0.2, -0.15) is 0 Å². The Labute approximate surface area is 75.0 Å². The first-order chi connectivity index (χ1) is 6.35. The summed E-state index contributed by atoms with van der Waals surface area (Å²) in [5.41, 5.74) is 0.663. The van der Waals surface area contributed by atoms with Crippen LogP contribution in [0.25, 0.3) is 11.0 Å². The number of ether oxygens (including phenoxy) is 2. The highest BCUT2D eigenvalue weighted by atomic mass is 16.5. The minimum Gasteiger partial charge on any atom is -0.496 e. The lowest BCUT2D eigenvalue weighted by Gasteiger charge is -2.03. The van der Waals surface area contributed by atoms with Crippen molar-refractivity contribution in [2.75, 3.05) is 14.2 Å². The Bertz CT molecular complexity index is 422. The summed E-state index contributed by atoms with van der Waals surface area (Å²) in [6, 6.07) is 3.56. The summed E-state index contributed by atoms with van der Waals surface area (Å²) in [4.78, 5) is 0. The van der Waals surface area contributed by atoms with E-state index in [0.717, 1.165) is 5.39 Å². The van der Waals surface area contributed by atoms with Gasteiger partial charge in [0.05, 0.1) is 25.8 Å². The molecule has 2 rings (SSSR count). The van der Waals surface area contributed by atoms with Crippen LogP contribution < -0.4 is 9.47 Å². The lowest BCUT2D eigenvalue weighted by atomic mass is 10.2. The average Bonchev–Trinajstić information content (AvgIpc) is 2.63. The van der Waals surface area contributed by atoms with Gasteiger partial charge in [0.15, 0.2) is 5.58 Å². The maximum absolute atomic E-state index is 5.15. The van der Waals surface area contributed by atoms with E-state index < -0.39 is 0 Å². The van der Waals surface area contributed by atoms with Gasteiger partial charge in [0.25, 0.3) is 0 Å². The van der Waals surface area contributed by atoms with Crippen LogP contribution in [0.3, 0.4) is 0 Å². The molecule has 0 bridgehead atoms. The number of rotatable bonds is 2. The van der Waals surface area contributed by atoms with Crippen molar-refractivity contribution in [1.82, 2.24) is 5.16 Å². The lowest BCUT2D eigenvalue weighted by molar-refractivity contribution is 0.395. The summed E-state index contributed by atoms with van der Waals surface area (Å²) in [5.74, 6) is 1.40. The van der Waals surface area contributed by atoms with Crippen molar-refractivity contribution in [3.8, 4) is 11.5 Å². The number of fused-ring (bicyclic) bond motifs is 1. The van der Waals surface area contributed by atoms with Crippen LogP contribution in [0.15, 0.2) is 22.9 Å². The topological polar surface area (TPSA) is 44.5 Å². The molecule has 0 atom stereocenters. The van der Waals surface area contributed by atoms with Gasteiger partial charge in [0.2, 0.25) is 0 Å². The molecule has 0 spiro atoms. The largest absolute Gasteiger partial charge is 0.496 e. The second-order valence-corrected chi connectivity index (χ2v) is 2.57. The Morgan fingerprint density at radius 3 is 2.77 bits per heavy atom. The quantitative estimate of drug-likeness (QED) is 0.705. The molecule has 1 aromatic carbocycles. The van der Waals surface area contributed by atoms with Crippen molar-refractivity contribution in [3.63, 3.8) is 0 Å². The molecule has 2 aromatic rings. The Morgan fingerprint density at radius 2 is 2.08 bits per heavy atom. The molecule has 13 heavy (non-hydrogen) atoms. The summed E-state index contributed by atoms with van der Waals surface area (Å²) in [5, 5.41) is 4.53. The molecule has 4 nitrogen and oxygen atoms in total. The number of hydrogen-bond acceptors (Lipinski definition) is 4. The van der Waals surface area contributed by atoms with Crippen LogP contribution in [-0.2, 0) is 0 Å². The van der Waals surface area contributed by atoms with E-state index in [1.807, 2.05) is 0 Å². The Hall–Kier alpha value is -1.71. The van der Waals surface area contributed by atoms with Gasteiger partial charge in [-0.15, -0.1) is 0 Å². The standard InChI is InChI=1S/C9H9NO3/c1-11-6-3-8(12-2)7-5-10-13-9(7)4-6/h3-5H,1-2H3.